The normalized spacial score (nSPS) is 11.0. The molecule has 0 aliphatic carbocycles. The van der Waals surface area contributed by atoms with Gasteiger partial charge in [0.05, 0.1) is 18.4 Å². The van der Waals surface area contributed by atoms with E-state index in [0.717, 1.165) is 21.0 Å². The summed E-state index contributed by atoms with van der Waals surface area (Å²) in [6.45, 7) is 0.649. The van der Waals surface area contributed by atoms with Gasteiger partial charge in [-0.2, -0.15) is 28.4 Å². The lowest BCUT2D eigenvalue weighted by Gasteiger charge is -2.06. The molecule has 0 saturated heterocycles. The van der Waals surface area contributed by atoms with Gasteiger partial charge in [-0.3, -0.25) is 0 Å². The Morgan fingerprint density at radius 3 is 2.77 bits per heavy atom. The summed E-state index contributed by atoms with van der Waals surface area (Å²) in [5, 5.41) is 14.0. The molecule has 0 fully saturated rings. The minimum absolute atomic E-state index is 0.182. The first kappa shape index (κ1) is 26.8. The number of carbonyl (C=O) groups is 1. The second-order valence-corrected chi connectivity index (χ2v) is 11.0. The lowest BCUT2D eigenvalue weighted by molar-refractivity contribution is -0.210. The second kappa shape index (κ2) is 23.8. The molecule has 0 spiro atoms. The molecule has 0 bridgehead atoms. The Hall–Kier alpha value is 0.760. The Labute approximate surface area is 181 Å². The highest BCUT2D eigenvalue weighted by Crippen LogP contribution is 2.17. The number of hydrogen-bond donors (Lipinski definition) is 2. The lowest BCUT2D eigenvalue weighted by Crippen LogP contribution is -2.23. The van der Waals surface area contributed by atoms with Crippen molar-refractivity contribution in [2.45, 2.75) is 0 Å². The quantitative estimate of drug-likeness (QED) is 0.0708. The van der Waals surface area contributed by atoms with Crippen molar-refractivity contribution in [3.05, 3.63) is 0 Å². The molecule has 0 heterocycles. The number of ether oxygens (including phenoxy) is 1. The number of amides is 1. The topological polar surface area (TPSA) is 89.4 Å². The Bertz CT molecular complexity index is 344. The number of thioether (sulfide) groups is 6. The van der Waals surface area contributed by atoms with Crippen molar-refractivity contribution in [2.24, 2.45) is 4.99 Å². The SMILES string of the molecule is CSCSCOC(=O)NCSCSCSC/N=C/OOCCSCCO. The van der Waals surface area contributed by atoms with Gasteiger partial charge in [-0.25, -0.2) is 9.79 Å². The molecule has 0 radical (unpaired) electrons. The highest BCUT2D eigenvalue weighted by Gasteiger charge is 2.00. The van der Waals surface area contributed by atoms with Gasteiger partial charge in [-0.15, -0.1) is 47.0 Å². The molecular formula is C13H26N2O5S6. The molecule has 0 unspecified atom stereocenters. The molecule has 0 saturated carbocycles. The van der Waals surface area contributed by atoms with E-state index in [0.29, 0.717) is 30.1 Å². The largest absolute Gasteiger partial charge is 0.438 e. The molecule has 7 nitrogen and oxygen atoms in total. The van der Waals surface area contributed by atoms with Gasteiger partial charge in [0.15, 0.2) is 0 Å². The number of aliphatic hydroxyl groups is 1. The summed E-state index contributed by atoms with van der Waals surface area (Å²) in [6.07, 6.45) is 2.95. The highest BCUT2D eigenvalue weighted by molar-refractivity contribution is 8.22. The first-order valence-electron chi connectivity index (χ1n) is 7.47. The molecule has 0 aromatic carbocycles. The van der Waals surface area contributed by atoms with Crippen LogP contribution in [0.1, 0.15) is 0 Å². The summed E-state index contributed by atoms with van der Waals surface area (Å²) >= 11 is 9.96. The molecule has 0 aliphatic rings. The first-order chi connectivity index (χ1) is 12.8. The van der Waals surface area contributed by atoms with Crippen LogP contribution in [0.4, 0.5) is 4.79 Å². The minimum Gasteiger partial charge on any atom is -0.438 e. The third-order valence-corrected chi connectivity index (χ3v) is 8.19. The van der Waals surface area contributed by atoms with Crippen molar-refractivity contribution in [1.82, 2.24) is 5.32 Å². The first-order valence-corrected chi connectivity index (χ1v) is 14.6. The fraction of sp³-hybridized carbons (Fsp3) is 0.846. The molecule has 0 aliphatic heterocycles. The van der Waals surface area contributed by atoms with Crippen LogP contribution in [0.15, 0.2) is 4.99 Å². The lowest BCUT2D eigenvalue weighted by atomic mass is 10.9. The molecule has 13 heteroatoms. The zero-order chi connectivity index (χ0) is 19.1. The van der Waals surface area contributed by atoms with Crippen molar-refractivity contribution < 1.29 is 24.4 Å². The van der Waals surface area contributed by atoms with Gasteiger partial charge in [0, 0.05) is 26.8 Å². The Morgan fingerprint density at radius 1 is 1.12 bits per heavy atom. The van der Waals surface area contributed by atoms with Crippen molar-refractivity contribution >= 4 is 83.1 Å². The average molecular weight is 483 g/mol. The number of rotatable bonds is 19. The van der Waals surface area contributed by atoms with Gasteiger partial charge >= 0.3 is 6.09 Å². The monoisotopic (exact) mass is 482 g/mol. The number of nitrogens with one attached hydrogen (secondary N) is 1. The highest BCUT2D eigenvalue weighted by atomic mass is 32.2. The van der Waals surface area contributed by atoms with Crippen molar-refractivity contribution in [3.8, 4) is 0 Å². The summed E-state index contributed by atoms with van der Waals surface area (Å²) in [4.78, 5) is 25.1. The molecule has 0 rings (SSSR count). The summed E-state index contributed by atoms with van der Waals surface area (Å²) in [5.41, 5.74) is 0. The predicted octanol–water partition coefficient (Wildman–Crippen LogP) is 3.46. The van der Waals surface area contributed by atoms with Crippen LogP contribution < -0.4 is 5.32 Å². The molecule has 0 aromatic heterocycles. The number of alkyl carbamates (subject to hydrolysis) is 1. The van der Waals surface area contributed by atoms with E-state index >= 15 is 0 Å². The fourth-order valence-electron chi connectivity index (χ4n) is 1.06. The van der Waals surface area contributed by atoms with E-state index in [2.05, 4.69) is 10.3 Å². The second-order valence-electron chi connectivity index (χ2n) is 4.00. The average Bonchev–Trinajstić information content (AvgIpc) is 2.65. The van der Waals surface area contributed by atoms with Crippen LogP contribution in [-0.4, -0.2) is 81.5 Å². The fourth-order valence-corrected chi connectivity index (χ4v) is 5.55. The summed E-state index contributed by atoms with van der Waals surface area (Å²) < 4.78 is 4.99. The third-order valence-electron chi connectivity index (χ3n) is 2.02. The maximum atomic E-state index is 11.3. The van der Waals surface area contributed by atoms with E-state index in [1.165, 1.54) is 6.40 Å². The van der Waals surface area contributed by atoms with E-state index in [1.807, 2.05) is 6.26 Å². The maximum absolute atomic E-state index is 11.3. The Kier molecular flexibility index (Phi) is 24.5. The molecular weight excluding hydrogens is 457 g/mol. The van der Waals surface area contributed by atoms with Crippen LogP contribution in [0, 0.1) is 0 Å². The molecule has 2 N–H and O–H groups in total. The van der Waals surface area contributed by atoms with Gasteiger partial charge in [0.25, 0.3) is 0 Å². The van der Waals surface area contributed by atoms with Gasteiger partial charge < -0.3 is 20.0 Å². The van der Waals surface area contributed by atoms with E-state index in [9.17, 15) is 4.79 Å². The molecule has 0 atom stereocenters. The van der Waals surface area contributed by atoms with Crippen LogP contribution >= 0.6 is 70.6 Å². The zero-order valence-electron chi connectivity index (χ0n) is 14.6. The molecule has 1 amide bonds. The molecule has 0 aromatic rings. The van der Waals surface area contributed by atoms with Crippen LogP contribution in [0.5, 0.6) is 0 Å². The van der Waals surface area contributed by atoms with Gasteiger partial charge in [-0.05, 0) is 6.26 Å². The van der Waals surface area contributed by atoms with Gasteiger partial charge in [0.1, 0.15) is 12.5 Å². The van der Waals surface area contributed by atoms with Crippen LogP contribution in [0.3, 0.4) is 0 Å². The van der Waals surface area contributed by atoms with E-state index in [1.54, 1.807) is 70.6 Å². The smallest absolute Gasteiger partial charge is 0.408 e. The Morgan fingerprint density at radius 2 is 1.96 bits per heavy atom. The summed E-state index contributed by atoms with van der Waals surface area (Å²) in [6, 6.07) is 0. The third kappa shape index (κ3) is 22.8. The van der Waals surface area contributed by atoms with E-state index in [-0.39, 0.29) is 12.7 Å². The van der Waals surface area contributed by atoms with Crippen LogP contribution in [0.2, 0.25) is 0 Å². The zero-order valence-corrected chi connectivity index (χ0v) is 19.5. The van der Waals surface area contributed by atoms with E-state index < -0.39 is 0 Å². The van der Waals surface area contributed by atoms with Crippen LogP contribution in [-0.2, 0) is 14.5 Å². The number of hydrogen-bond acceptors (Lipinski definition) is 12. The maximum Gasteiger partial charge on any atom is 0.408 e. The standard InChI is InChI=1S/C13H26N2O5S6/c1-21-10-25-9-18-13(17)15-8-24-12-26-11-23-7-14-6-20-19-3-5-22-4-2-16/h6,16H,2-5,7-12H2,1H3,(H,15,17)/b14-6+. The summed E-state index contributed by atoms with van der Waals surface area (Å²) in [5.74, 6) is 3.03. The molecule has 154 valence electrons. The van der Waals surface area contributed by atoms with E-state index in [4.69, 9.17) is 19.6 Å². The minimum atomic E-state index is -0.367. The number of carbonyl (C=O) groups excluding carboxylic acids is 1. The van der Waals surface area contributed by atoms with Crippen molar-refractivity contribution in [2.75, 3.05) is 63.9 Å². The van der Waals surface area contributed by atoms with Gasteiger partial charge in [0.2, 0.25) is 6.40 Å². The van der Waals surface area contributed by atoms with Crippen molar-refractivity contribution in [1.29, 1.82) is 0 Å². The Balaban J connectivity index is 3.16. The number of aliphatic hydroxyl groups excluding tert-OH is 1. The summed E-state index contributed by atoms with van der Waals surface area (Å²) in [7, 11) is 0. The number of nitrogens with zero attached hydrogens (tertiary/aromatic N) is 1. The van der Waals surface area contributed by atoms with Crippen molar-refractivity contribution in [3.63, 3.8) is 0 Å². The van der Waals surface area contributed by atoms with Crippen LogP contribution in [0.25, 0.3) is 0 Å². The predicted molar refractivity (Wildman–Crippen MR) is 123 cm³/mol. The number of aliphatic imine (C=N–C) groups is 1. The van der Waals surface area contributed by atoms with Gasteiger partial charge in [-0.1, -0.05) is 0 Å². The molecule has 26 heavy (non-hydrogen) atoms.